The fourth-order valence-electron chi connectivity index (χ4n) is 8.99. The van der Waals surface area contributed by atoms with Gasteiger partial charge in [-0.05, 0) is 110 Å². The van der Waals surface area contributed by atoms with E-state index < -0.39 is 5.97 Å². The lowest BCUT2D eigenvalue weighted by molar-refractivity contribution is -0.137. The highest BCUT2D eigenvalue weighted by atomic mass is 16.4. The molecule has 4 nitrogen and oxygen atoms in total. The number of carbonyl (C=O) groups is 1. The van der Waals surface area contributed by atoms with Crippen LogP contribution in [0.15, 0.2) is 11.3 Å². The Labute approximate surface area is 182 Å². The van der Waals surface area contributed by atoms with Crippen molar-refractivity contribution in [1.29, 1.82) is 5.41 Å². The molecule has 0 aliphatic heterocycles. The smallest absolute Gasteiger partial charge is 0.303 e. The summed E-state index contributed by atoms with van der Waals surface area (Å²) in [4.78, 5) is 11.0. The lowest BCUT2D eigenvalue weighted by Crippen LogP contribution is -2.56. The van der Waals surface area contributed by atoms with Gasteiger partial charge in [-0.25, -0.2) is 0 Å². The second-order valence-corrected chi connectivity index (χ2v) is 11.6. The van der Waals surface area contributed by atoms with Gasteiger partial charge in [0.05, 0.1) is 0 Å². The fourth-order valence-corrected chi connectivity index (χ4v) is 8.99. The highest BCUT2D eigenvalue weighted by molar-refractivity contribution is 5.77. The molecule has 0 aromatic carbocycles. The molecular weight excluding hydrogens is 372 g/mol. The van der Waals surface area contributed by atoms with Crippen LogP contribution in [-0.2, 0) is 4.79 Å². The first-order valence-electron chi connectivity index (χ1n) is 12.4. The van der Waals surface area contributed by atoms with Gasteiger partial charge in [-0.3, -0.25) is 4.79 Å². The number of carboxylic acid groups (broad SMARTS) is 1. The predicted molar refractivity (Wildman–Crippen MR) is 121 cm³/mol. The van der Waals surface area contributed by atoms with Gasteiger partial charge in [0.15, 0.2) is 0 Å². The Hall–Kier alpha value is -1.32. The highest BCUT2D eigenvalue weighted by Gasteiger charge is 2.61. The summed E-state index contributed by atoms with van der Waals surface area (Å²) in [5.74, 6) is 3.81. The molecule has 4 aliphatic carbocycles. The summed E-state index contributed by atoms with van der Waals surface area (Å²) in [6.07, 6.45) is 13.6. The minimum atomic E-state index is -0.651. The van der Waals surface area contributed by atoms with Crippen molar-refractivity contribution in [2.24, 2.45) is 52.1 Å². The summed E-state index contributed by atoms with van der Waals surface area (Å²) in [5.41, 5.74) is 9.17. The first kappa shape index (κ1) is 21.9. The molecule has 0 aromatic rings. The number of nitrogens with two attached hydrogens (primary N) is 1. The van der Waals surface area contributed by atoms with Crippen molar-refractivity contribution in [3.05, 3.63) is 11.3 Å². The third kappa shape index (κ3) is 3.33. The third-order valence-electron chi connectivity index (χ3n) is 10.5. The SMILES string of the molecule is CC[C@H]1CC2C3CCC(CCCC(=O)O)C3(C)CC[C@@H]2C2(C)CC(C=N)=C(N)CC12. The van der Waals surface area contributed by atoms with Gasteiger partial charge < -0.3 is 16.2 Å². The number of allylic oxidation sites excluding steroid dienone is 2. The maximum atomic E-state index is 11.0. The van der Waals surface area contributed by atoms with Crippen molar-refractivity contribution in [3.8, 4) is 0 Å². The molecule has 4 aliphatic rings. The van der Waals surface area contributed by atoms with Gasteiger partial charge in [0.2, 0.25) is 0 Å². The molecular formula is C26H42N2O2. The molecule has 0 aromatic heterocycles. The number of fused-ring (bicyclic) bond motifs is 5. The van der Waals surface area contributed by atoms with Crippen molar-refractivity contribution in [3.63, 3.8) is 0 Å². The van der Waals surface area contributed by atoms with Crippen molar-refractivity contribution >= 4 is 12.2 Å². The lowest BCUT2D eigenvalue weighted by atomic mass is 9.42. The zero-order valence-corrected chi connectivity index (χ0v) is 19.3. The zero-order valence-electron chi connectivity index (χ0n) is 19.3. The predicted octanol–water partition coefficient (Wildman–Crippen LogP) is 6.01. The molecule has 3 fully saturated rings. The molecule has 4 N–H and O–H groups in total. The molecule has 0 amide bonds. The molecule has 0 saturated heterocycles. The second kappa shape index (κ2) is 7.98. The van der Waals surface area contributed by atoms with Gasteiger partial charge in [-0.15, -0.1) is 0 Å². The molecule has 168 valence electrons. The van der Waals surface area contributed by atoms with Crippen LogP contribution in [-0.4, -0.2) is 17.3 Å². The lowest BCUT2D eigenvalue weighted by Gasteiger charge is -2.62. The topological polar surface area (TPSA) is 87.2 Å². The van der Waals surface area contributed by atoms with E-state index in [1.807, 2.05) is 0 Å². The van der Waals surface area contributed by atoms with Crippen LogP contribution in [0.5, 0.6) is 0 Å². The van der Waals surface area contributed by atoms with E-state index in [4.69, 9.17) is 16.2 Å². The van der Waals surface area contributed by atoms with Gasteiger partial charge in [0, 0.05) is 18.3 Å². The highest BCUT2D eigenvalue weighted by Crippen LogP contribution is 2.69. The van der Waals surface area contributed by atoms with Gasteiger partial charge in [0.25, 0.3) is 0 Å². The molecule has 3 saturated carbocycles. The van der Waals surface area contributed by atoms with Crippen molar-refractivity contribution in [1.82, 2.24) is 0 Å². The monoisotopic (exact) mass is 414 g/mol. The van der Waals surface area contributed by atoms with Crippen LogP contribution in [0.3, 0.4) is 0 Å². The quantitative estimate of drug-likeness (QED) is 0.465. The van der Waals surface area contributed by atoms with Crippen molar-refractivity contribution in [2.45, 2.75) is 91.4 Å². The molecule has 4 rings (SSSR count). The van der Waals surface area contributed by atoms with Gasteiger partial charge in [-0.1, -0.05) is 27.2 Å². The summed E-state index contributed by atoms with van der Waals surface area (Å²) in [7, 11) is 0. The molecule has 6 unspecified atom stereocenters. The van der Waals surface area contributed by atoms with Crippen LogP contribution in [0.4, 0.5) is 0 Å². The first-order chi connectivity index (χ1) is 14.2. The Morgan fingerprint density at radius 1 is 1.20 bits per heavy atom. The summed E-state index contributed by atoms with van der Waals surface area (Å²) in [6, 6.07) is 0. The maximum Gasteiger partial charge on any atom is 0.303 e. The zero-order chi connectivity index (χ0) is 21.7. The molecule has 4 heteroatoms. The van der Waals surface area contributed by atoms with Crippen LogP contribution in [0.1, 0.15) is 91.4 Å². The van der Waals surface area contributed by atoms with E-state index in [1.165, 1.54) is 44.7 Å². The largest absolute Gasteiger partial charge is 0.481 e. The van der Waals surface area contributed by atoms with Crippen molar-refractivity contribution in [2.75, 3.05) is 0 Å². The Morgan fingerprint density at radius 2 is 1.93 bits per heavy atom. The van der Waals surface area contributed by atoms with Gasteiger partial charge in [0.1, 0.15) is 0 Å². The van der Waals surface area contributed by atoms with E-state index in [9.17, 15) is 4.79 Å². The Bertz CT molecular complexity index is 731. The van der Waals surface area contributed by atoms with Crippen LogP contribution in [0, 0.1) is 51.7 Å². The number of rotatable bonds is 6. The molecule has 0 heterocycles. The number of hydrogen-bond acceptors (Lipinski definition) is 3. The van der Waals surface area contributed by atoms with Gasteiger partial charge in [-0.2, -0.15) is 0 Å². The third-order valence-corrected chi connectivity index (χ3v) is 10.5. The summed E-state index contributed by atoms with van der Waals surface area (Å²) < 4.78 is 0. The Kier molecular flexibility index (Phi) is 5.83. The van der Waals surface area contributed by atoms with E-state index in [-0.39, 0.29) is 5.41 Å². The maximum absolute atomic E-state index is 11.0. The molecule has 0 spiro atoms. The first-order valence-corrected chi connectivity index (χ1v) is 12.4. The summed E-state index contributed by atoms with van der Waals surface area (Å²) in [6.45, 7) is 7.45. The number of aliphatic carboxylic acids is 1. The minimum absolute atomic E-state index is 0.280. The number of nitrogens with one attached hydrogen (secondary N) is 1. The van der Waals surface area contributed by atoms with E-state index >= 15 is 0 Å². The fraction of sp³-hybridized carbons (Fsp3) is 0.846. The number of hydrogen-bond donors (Lipinski definition) is 3. The second-order valence-electron chi connectivity index (χ2n) is 11.6. The Balaban J connectivity index is 1.59. The number of carboxylic acids is 1. The van der Waals surface area contributed by atoms with Gasteiger partial charge >= 0.3 is 5.97 Å². The Morgan fingerprint density at radius 3 is 2.60 bits per heavy atom. The average molecular weight is 415 g/mol. The van der Waals surface area contributed by atoms with E-state index in [2.05, 4.69) is 20.8 Å². The van der Waals surface area contributed by atoms with E-state index in [1.54, 1.807) is 0 Å². The average Bonchev–Trinajstić information content (AvgIpc) is 3.04. The minimum Gasteiger partial charge on any atom is -0.481 e. The molecule has 0 bridgehead atoms. The molecule has 8 atom stereocenters. The van der Waals surface area contributed by atoms with Crippen LogP contribution >= 0.6 is 0 Å². The van der Waals surface area contributed by atoms with Crippen LogP contribution < -0.4 is 5.73 Å². The van der Waals surface area contributed by atoms with Crippen molar-refractivity contribution < 1.29 is 9.90 Å². The van der Waals surface area contributed by atoms with E-state index in [0.29, 0.717) is 23.7 Å². The van der Waals surface area contributed by atoms with Crippen LogP contribution in [0.2, 0.25) is 0 Å². The summed E-state index contributed by atoms with van der Waals surface area (Å²) in [5, 5.41) is 17.0. The van der Waals surface area contributed by atoms with Crippen LogP contribution in [0.25, 0.3) is 0 Å². The van der Waals surface area contributed by atoms with E-state index in [0.717, 1.165) is 60.6 Å². The standard InChI is InChI=1S/C26H42N2O2/c1-4-16-12-19-20-9-8-18(6-5-7-24(29)30)25(20,2)11-10-21(19)26(3)14-17(15-27)23(28)13-22(16)26/h15-16,18-22,27H,4-14,28H2,1-3H3,(H,29,30)/t16-,18?,19?,20?,21-,22?,25?,26?/m0/s1. The molecule has 0 radical (unpaired) electrons. The molecule has 30 heavy (non-hydrogen) atoms. The summed E-state index contributed by atoms with van der Waals surface area (Å²) >= 11 is 0. The normalized spacial score (nSPS) is 45.4.